The van der Waals surface area contributed by atoms with Crippen LogP contribution in [0.2, 0.25) is 5.02 Å². The van der Waals surface area contributed by atoms with E-state index < -0.39 is 6.23 Å². The topological polar surface area (TPSA) is 92.0 Å². The van der Waals surface area contributed by atoms with E-state index in [1.54, 1.807) is 41.3 Å². The third-order valence-electron chi connectivity index (χ3n) is 4.83. The number of aromatic nitrogens is 3. The first-order chi connectivity index (χ1) is 15.1. The SMILES string of the molecule is CCCC(=O)N1c2ccc(Cl)cc2-c2nnc(SC)nc2O[C@@H]1c1ccccc1C#N. The highest BCUT2D eigenvalue weighted by atomic mass is 35.5. The molecule has 0 unspecified atom stereocenters. The van der Waals surface area contributed by atoms with E-state index in [0.717, 1.165) is 0 Å². The van der Waals surface area contributed by atoms with Crippen LogP contribution in [-0.4, -0.2) is 27.3 Å². The summed E-state index contributed by atoms with van der Waals surface area (Å²) < 4.78 is 6.31. The monoisotopic (exact) mass is 451 g/mol. The van der Waals surface area contributed by atoms with Gasteiger partial charge in [-0.15, -0.1) is 10.2 Å². The largest absolute Gasteiger partial charge is 0.447 e. The highest BCUT2D eigenvalue weighted by molar-refractivity contribution is 7.98. The Balaban J connectivity index is 2.02. The number of carbonyl (C=O) groups is 1. The van der Waals surface area contributed by atoms with E-state index in [9.17, 15) is 10.1 Å². The highest BCUT2D eigenvalue weighted by Crippen LogP contribution is 2.45. The van der Waals surface area contributed by atoms with Crippen molar-refractivity contribution in [3.05, 3.63) is 58.6 Å². The summed E-state index contributed by atoms with van der Waals surface area (Å²) in [4.78, 5) is 19.4. The van der Waals surface area contributed by atoms with Gasteiger partial charge in [-0.05, 0) is 36.9 Å². The van der Waals surface area contributed by atoms with Crippen LogP contribution < -0.4 is 9.64 Å². The molecule has 0 fully saturated rings. The summed E-state index contributed by atoms with van der Waals surface area (Å²) in [6, 6.07) is 14.4. The standard InChI is InChI=1S/C22H18ClN5O2S/c1-3-6-18(29)28-17-10-9-14(23)11-16(17)19-20(25-22(31-2)27-26-19)30-21(28)15-8-5-4-7-13(15)12-24/h4-5,7-11,21H,3,6H2,1-2H3/t21-/m1/s1. The van der Waals surface area contributed by atoms with Gasteiger partial charge in [0.1, 0.15) is 0 Å². The molecule has 0 spiro atoms. The predicted octanol–water partition coefficient (Wildman–Crippen LogP) is 5.01. The molecular weight excluding hydrogens is 434 g/mol. The van der Waals surface area contributed by atoms with E-state index in [0.29, 0.717) is 51.1 Å². The zero-order chi connectivity index (χ0) is 22.0. The Morgan fingerprint density at radius 2 is 2.10 bits per heavy atom. The summed E-state index contributed by atoms with van der Waals surface area (Å²) in [6.45, 7) is 1.93. The normalized spacial score (nSPS) is 14.6. The van der Waals surface area contributed by atoms with Crippen molar-refractivity contribution in [2.75, 3.05) is 11.2 Å². The first kappa shape index (κ1) is 21.1. The number of carbonyl (C=O) groups excluding carboxylic acids is 1. The smallest absolute Gasteiger partial charge is 0.247 e. The van der Waals surface area contributed by atoms with Crippen LogP contribution in [0, 0.1) is 11.3 Å². The van der Waals surface area contributed by atoms with Gasteiger partial charge in [0.25, 0.3) is 0 Å². The molecule has 4 rings (SSSR count). The van der Waals surface area contributed by atoms with Gasteiger partial charge in [0.15, 0.2) is 5.69 Å². The van der Waals surface area contributed by atoms with Gasteiger partial charge in [0.05, 0.1) is 17.3 Å². The maximum Gasteiger partial charge on any atom is 0.247 e. The number of fused-ring (bicyclic) bond motifs is 3. The molecule has 0 saturated heterocycles. The van der Waals surface area contributed by atoms with Crippen molar-refractivity contribution in [1.29, 1.82) is 5.26 Å². The lowest BCUT2D eigenvalue weighted by atomic mass is 10.0. The first-order valence-electron chi connectivity index (χ1n) is 9.63. The van der Waals surface area contributed by atoms with E-state index >= 15 is 0 Å². The molecule has 1 aliphatic heterocycles. The lowest BCUT2D eigenvalue weighted by Crippen LogP contribution is -2.38. The van der Waals surface area contributed by atoms with E-state index in [1.165, 1.54) is 11.8 Å². The summed E-state index contributed by atoms with van der Waals surface area (Å²) in [5.41, 5.74) is 2.53. The number of halogens is 1. The molecule has 31 heavy (non-hydrogen) atoms. The fourth-order valence-electron chi connectivity index (χ4n) is 3.44. The Kier molecular flexibility index (Phi) is 6.07. The van der Waals surface area contributed by atoms with Crippen LogP contribution in [-0.2, 0) is 4.79 Å². The van der Waals surface area contributed by atoms with Gasteiger partial charge in [-0.1, -0.05) is 48.5 Å². The summed E-state index contributed by atoms with van der Waals surface area (Å²) >= 11 is 7.61. The van der Waals surface area contributed by atoms with Crippen molar-refractivity contribution >= 4 is 35.0 Å². The molecule has 156 valence electrons. The highest BCUT2D eigenvalue weighted by Gasteiger charge is 2.36. The van der Waals surface area contributed by atoms with E-state index in [4.69, 9.17) is 16.3 Å². The van der Waals surface area contributed by atoms with E-state index in [-0.39, 0.29) is 11.8 Å². The Morgan fingerprint density at radius 1 is 1.29 bits per heavy atom. The molecule has 0 bridgehead atoms. The maximum atomic E-state index is 13.3. The number of anilines is 1. The minimum Gasteiger partial charge on any atom is -0.447 e. The van der Waals surface area contributed by atoms with Gasteiger partial charge < -0.3 is 4.74 Å². The fraction of sp³-hybridized carbons (Fsp3) is 0.227. The molecule has 7 nitrogen and oxygen atoms in total. The lowest BCUT2D eigenvalue weighted by Gasteiger charge is -2.31. The summed E-state index contributed by atoms with van der Waals surface area (Å²) in [5, 5.41) is 19.1. The van der Waals surface area contributed by atoms with Crippen molar-refractivity contribution in [1.82, 2.24) is 15.2 Å². The molecule has 1 aliphatic rings. The average Bonchev–Trinajstić information content (AvgIpc) is 2.93. The Morgan fingerprint density at radius 3 is 2.84 bits per heavy atom. The number of rotatable bonds is 4. The van der Waals surface area contributed by atoms with Crippen molar-refractivity contribution in [2.24, 2.45) is 0 Å². The van der Waals surface area contributed by atoms with Gasteiger partial charge in [-0.2, -0.15) is 10.2 Å². The van der Waals surface area contributed by atoms with Crippen LogP contribution in [0.5, 0.6) is 5.88 Å². The number of hydrogen-bond donors (Lipinski definition) is 0. The second kappa shape index (κ2) is 8.92. The number of thioether (sulfide) groups is 1. The predicted molar refractivity (Wildman–Crippen MR) is 119 cm³/mol. The van der Waals surface area contributed by atoms with Crippen molar-refractivity contribution in [2.45, 2.75) is 31.1 Å². The van der Waals surface area contributed by atoms with Gasteiger partial charge >= 0.3 is 0 Å². The Hall–Kier alpha value is -3.15. The quantitative estimate of drug-likeness (QED) is 0.514. The molecule has 1 atom stereocenters. The van der Waals surface area contributed by atoms with E-state index in [2.05, 4.69) is 21.3 Å². The molecular formula is C22H18ClN5O2S. The van der Waals surface area contributed by atoms with Crippen molar-refractivity contribution in [3.63, 3.8) is 0 Å². The molecule has 0 aliphatic carbocycles. The molecule has 0 radical (unpaired) electrons. The average molecular weight is 452 g/mol. The van der Waals surface area contributed by atoms with Crippen LogP contribution >= 0.6 is 23.4 Å². The van der Waals surface area contributed by atoms with Gasteiger partial charge in [0.2, 0.25) is 23.2 Å². The number of amides is 1. The fourth-order valence-corrected chi connectivity index (χ4v) is 3.91. The van der Waals surface area contributed by atoms with Gasteiger partial charge in [-0.25, -0.2) is 0 Å². The summed E-state index contributed by atoms with van der Waals surface area (Å²) in [7, 11) is 0. The minimum atomic E-state index is -0.900. The molecule has 9 heteroatoms. The van der Waals surface area contributed by atoms with Gasteiger partial charge in [-0.3, -0.25) is 9.69 Å². The number of nitrogens with zero attached hydrogens (tertiary/aromatic N) is 5. The van der Waals surface area contributed by atoms with Crippen LogP contribution in [0.25, 0.3) is 11.3 Å². The third-order valence-corrected chi connectivity index (χ3v) is 5.60. The molecule has 2 heterocycles. The molecule has 3 aromatic rings. The Bertz CT molecular complexity index is 1200. The first-order valence-corrected chi connectivity index (χ1v) is 11.2. The maximum absolute atomic E-state index is 13.3. The van der Waals surface area contributed by atoms with Crippen LogP contribution in [0.1, 0.15) is 37.1 Å². The molecule has 0 N–H and O–H groups in total. The van der Waals surface area contributed by atoms with Crippen LogP contribution in [0.3, 0.4) is 0 Å². The van der Waals surface area contributed by atoms with Crippen molar-refractivity contribution < 1.29 is 9.53 Å². The third kappa shape index (κ3) is 3.94. The van der Waals surface area contributed by atoms with Crippen LogP contribution in [0.15, 0.2) is 47.6 Å². The zero-order valence-corrected chi connectivity index (χ0v) is 18.4. The minimum absolute atomic E-state index is 0.144. The second-order valence-electron chi connectivity index (χ2n) is 6.80. The number of nitriles is 1. The second-order valence-corrected chi connectivity index (χ2v) is 8.01. The van der Waals surface area contributed by atoms with E-state index in [1.807, 2.05) is 19.2 Å². The zero-order valence-electron chi connectivity index (χ0n) is 16.9. The lowest BCUT2D eigenvalue weighted by molar-refractivity contribution is -0.120. The molecule has 2 aromatic carbocycles. The molecule has 1 amide bonds. The number of hydrogen-bond acceptors (Lipinski definition) is 7. The summed E-state index contributed by atoms with van der Waals surface area (Å²) in [6.07, 6.45) is 1.90. The summed E-state index contributed by atoms with van der Waals surface area (Å²) in [5.74, 6) is 0.0853. The number of benzene rings is 2. The van der Waals surface area contributed by atoms with Crippen molar-refractivity contribution in [3.8, 4) is 23.2 Å². The number of ether oxygens (including phenoxy) is 1. The van der Waals surface area contributed by atoms with Crippen LogP contribution in [0.4, 0.5) is 5.69 Å². The van der Waals surface area contributed by atoms with Gasteiger partial charge in [0, 0.05) is 22.6 Å². The molecule has 1 aromatic heterocycles. The molecule has 0 saturated carbocycles. The Labute approximate surface area is 189 Å².